The fourth-order valence-electron chi connectivity index (χ4n) is 0.628. The minimum Gasteiger partial charge on any atom is -1.00 e. The summed E-state index contributed by atoms with van der Waals surface area (Å²) >= 11 is 0. The summed E-state index contributed by atoms with van der Waals surface area (Å²) in [6, 6.07) is 0. The van der Waals surface area contributed by atoms with E-state index in [0.29, 0.717) is 0 Å². The Morgan fingerprint density at radius 2 is 1.14 bits per heavy atom. The molecule has 0 aliphatic heterocycles. The molecule has 3 nitrogen and oxygen atoms in total. The van der Waals surface area contributed by atoms with Gasteiger partial charge < -0.3 is 6.53 Å². The molecule has 0 radical (unpaired) electrons. The summed E-state index contributed by atoms with van der Waals surface area (Å²) < 4.78 is 134. The summed E-state index contributed by atoms with van der Waals surface area (Å²) in [4.78, 5) is 9.84. The van der Waals surface area contributed by atoms with Gasteiger partial charge in [-0.25, -0.2) is 4.79 Å². The van der Waals surface area contributed by atoms with Gasteiger partial charge in [0.2, 0.25) is 0 Å². The first kappa shape index (κ1) is 22.9. The van der Waals surface area contributed by atoms with Crippen molar-refractivity contribution in [2.45, 2.75) is 30.2 Å². The molecule has 0 heterocycles. The number of aliphatic carboxylic acids is 1. The zero-order chi connectivity index (χ0) is 16.8. The zero-order valence-corrected chi connectivity index (χ0v) is 11.4. The van der Waals surface area contributed by atoms with E-state index in [-0.39, 0.29) is 31.0 Å². The number of ether oxygens (including phenoxy) is 1. The first-order valence-corrected chi connectivity index (χ1v) is 3.91. The summed E-state index contributed by atoms with van der Waals surface area (Å²) in [6.07, 6.45) is -21.1. The molecule has 0 aromatic rings. The molecule has 0 aliphatic carbocycles. The van der Waals surface area contributed by atoms with Crippen LogP contribution in [0.15, 0.2) is 0 Å². The van der Waals surface area contributed by atoms with Crippen LogP contribution in [0.1, 0.15) is 1.43 Å². The van der Waals surface area contributed by atoms with Crippen LogP contribution >= 0.6 is 0 Å². The van der Waals surface area contributed by atoms with Crippen molar-refractivity contribution in [3.05, 3.63) is 0 Å². The summed E-state index contributed by atoms with van der Waals surface area (Å²) in [6.45, 7) is 0. The van der Waals surface area contributed by atoms with Crippen molar-refractivity contribution in [2.24, 2.45) is 0 Å². The first-order chi connectivity index (χ1) is 8.40. The third kappa shape index (κ3) is 4.10. The predicted molar refractivity (Wildman–Crippen MR) is 35.7 cm³/mol. The third-order valence-corrected chi connectivity index (χ3v) is 1.63. The first-order valence-electron chi connectivity index (χ1n) is 3.91. The zero-order valence-electron chi connectivity index (χ0n) is 10.4. The van der Waals surface area contributed by atoms with E-state index in [9.17, 15) is 53.1 Å². The number of rotatable bonds is 4. The van der Waals surface area contributed by atoms with Crippen LogP contribution in [0.25, 0.3) is 0 Å². The number of hydrogen-bond donors (Lipinski definition) is 1. The van der Waals surface area contributed by atoms with Gasteiger partial charge in [-0.1, -0.05) is 0 Å². The van der Waals surface area contributed by atoms with Gasteiger partial charge in [0.15, 0.2) is 0 Å². The molecule has 1 atom stereocenters. The van der Waals surface area contributed by atoms with Crippen LogP contribution in [0, 0.1) is 0 Å². The van der Waals surface area contributed by atoms with E-state index >= 15 is 0 Å². The molecule has 15 heteroatoms. The molecule has 0 aliphatic rings. The van der Waals surface area contributed by atoms with Crippen LogP contribution in [0.4, 0.5) is 48.3 Å². The molecule has 0 fully saturated rings. The van der Waals surface area contributed by atoms with Crippen LogP contribution < -0.4 is 29.6 Å². The third-order valence-electron chi connectivity index (χ3n) is 1.63. The van der Waals surface area contributed by atoms with Gasteiger partial charge in [0, 0.05) is 0 Å². The Labute approximate surface area is 130 Å². The maximum atomic E-state index is 12.7. The summed E-state index contributed by atoms with van der Waals surface area (Å²) in [5.74, 6) is -17.6. The van der Waals surface area contributed by atoms with Gasteiger partial charge in [-0.05, 0) is 0 Å². The SMILES string of the molecule is O=C(O)C(F)(OC(F)(F)C(F)(F)C(F)(F)F)C(F)(F)F.[H-].[Na+]. The number of hydrogen-bond acceptors (Lipinski definition) is 2. The molecular formula is C6H2F11NaO3. The molecule has 1 unspecified atom stereocenters. The van der Waals surface area contributed by atoms with Crippen LogP contribution in [-0.2, 0) is 9.53 Å². The summed E-state index contributed by atoms with van der Waals surface area (Å²) in [5, 5.41) is 7.72. The van der Waals surface area contributed by atoms with E-state index in [1.165, 1.54) is 0 Å². The summed E-state index contributed by atoms with van der Waals surface area (Å²) in [7, 11) is 0. The monoisotopic (exact) mass is 354 g/mol. The van der Waals surface area contributed by atoms with Crippen LogP contribution in [0.5, 0.6) is 0 Å². The second-order valence-electron chi connectivity index (χ2n) is 3.09. The molecule has 0 aromatic heterocycles. The Balaban J connectivity index is -0.00000180. The number of carbonyl (C=O) groups is 1. The molecule has 0 amide bonds. The Kier molecular flexibility index (Phi) is 6.60. The van der Waals surface area contributed by atoms with Gasteiger partial charge in [-0.3, -0.25) is 4.74 Å². The van der Waals surface area contributed by atoms with E-state index in [1.807, 2.05) is 0 Å². The molecule has 0 saturated carbocycles. The van der Waals surface area contributed by atoms with Crippen molar-refractivity contribution < 1.29 is 93.9 Å². The Morgan fingerprint density at radius 1 is 0.810 bits per heavy atom. The fraction of sp³-hybridized carbons (Fsp3) is 0.833. The number of alkyl halides is 11. The van der Waals surface area contributed by atoms with Crippen molar-refractivity contribution in [2.75, 3.05) is 0 Å². The van der Waals surface area contributed by atoms with E-state index in [0.717, 1.165) is 0 Å². The largest absolute Gasteiger partial charge is 1.00 e. The molecule has 0 bridgehead atoms. The molecule has 122 valence electrons. The molecule has 0 aromatic carbocycles. The van der Waals surface area contributed by atoms with E-state index in [1.54, 1.807) is 4.74 Å². The van der Waals surface area contributed by atoms with Crippen LogP contribution in [0.3, 0.4) is 0 Å². The Hall–Kier alpha value is -0.340. The Bertz CT molecular complexity index is 394. The maximum Gasteiger partial charge on any atom is 1.00 e. The molecule has 0 rings (SSSR count). The van der Waals surface area contributed by atoms with Crippen LogP contribution in [0.2, 0.25) is 0 Å². The minimum absolute atomic E-state index is 0. The second kappa shape index (κ2) is 6.04. The number of halogens is 11. The van der Waals surface area contributed by atoms with E-state index in [2.05, 4.69) is 0 Å². The predicted octanol–water partition coefficient (Wildman–Crippen LogP) is 0.223. The van der Waals surface area contributed by atoms with Crippen molar-refractivity contribution in [3.63, 3.8) is 0 Å². The van der Waals surface area contributed by atoms with E-state index in [4.69, 9.17) is 5.11 Å². The molecule has 0 saturated heterocycles. The van der Waals surface area contributed by atoms with Gasteiger partial charge in [0.1, 0.15) is 0 Å². The van der Waals surface area contributed by atoms with Gasteiger partial charge in [0.05, 0.1) is 0 Å². The second-order valence-corrected chi connectivity index (χ2v) is 3.09. The van der Waals surface area contributed by atoms with Gasteiger partial charge in [-0.2, -0.15) is 48.3 Å². The smallest absolute Gasteiger partial charge is 1.00 e. The van der Waals surface area contributed by atoms with Crippen molar-refractivity contribution in [1.82, 2.24) is 0 Å². The van der Waals surface area contributed by atoms with E-state index < -0.39 is 36.2 Å². The number of carboxylic acids is 1. The van der Waals surface area contributed by atoms with Crippen molar-refractivity contribution in [3.8, 4) is 0 Å². The summed E-state index contributed by atoms with van der Waals surface area (Å²) in [5.41, 5.74) is 0. The average molecular weight is 354 g/mol. The molecular weight excluding hydrogens is 352 g/mol. The molecule has 1 N–H and O–H groups in total. The fourth-order valence-corrected chi connectivity index (χ4v) is 0.628. The standard InChI is InChI=1S/C6HF11O3.Na.H/c7-2(1(18)19,4(10,11)12)20-6(16,17)3(8,9)5(13,14)15;;/h(H,18,19);;/q;+1;-1. The van der Waals surface area contributed by atoms with Gasteiger partial charge in [-0.15, -0.1) is 0 Å². The maximum absolute atomic E-state index is 12.7. The molecule has 0 spiro atoms. The molecule has 21 heavy (non-hydrogen) atoms. The van der Waals surface area contributed by atoms with Gasteiger partial charge in [0.25, 0.3) is 0 Å². The van der Waals surface area contributed by atoms with Crippen molar-refractivity contribution in [1.29, 1.82) is 0 Å². The Morgan fingerprint density at radius 3 is 1.33 bits per heavy atom. The van der Waals surface area contributed by atoms with Gasteiger partial charge >= 0.3 is 65.8 Å². The topological polar surface area (TPSA) is 46.5 Å². The average Bonchev–Trinajstić information content (AvgIpc) is 2.12. The minimum atomic E-state index is -7.27. The normalized spacial score (nSPS) is 16.9. The van der Waals surface area contributed by atoms with Crippen molar-refractivity contribution >= 4 is 5.97 Å². The number of carboxylic acid groups (broad SMARTS) is 1. The quantitative estimate of drug-likeness (QED) is 0.581. The van der Waals surface area contributed by atoms with Crippen LogP contribution in [-0.4, -0.2) is 41.3 Å².